The average molecular weight is 588 g/mol. The highest BCUT2D eigenvalue weighted by Gasteiger charge is 2.28. The van der Waals surface area contributed by atoms with E-state index in [-0.39, 0.29) is 29.8 Å². The zero-order valence-electron chi connectivity index (χ0n) is 27.1. The highest BCUT2D eigenvalue weighted by molar-refractivity contribution is 5.97. The molecule has 1 aliphatic heterocycles. The number of aromatic amines is 1. The molecule has 2 N–H and O–H groups in total. The van der Waals surface area contributed by atoms with Gasteiger partial charge in [-0.2, -0.15) is 0 Å². The molecule has 0 unspecified atom stereocenters. The maximum Gasteiger partial charge on any atom is 0.253 e. The molecule has 1 aromatic heterocycles. The van der Waals surface area contributed by atoms with Crippen LogP contribution in [0.4, 0.5) is 5.69 Å². The van der Waals surface area contributed by atoms with Gasteiger partial charge in [0.05, 0.1) is 0 Å². The van der Waals surface area contributed by atoms with Crippen LogP contribution < -0.4 is 15.8 Å². The van der Waals surface area contributed by atoms with Crippen LogP contribution in [-0.4, -0.2) is 72.4 Å². The molecular formula is C35H49N5O3. The van der Waals surface area contributed by atoms with Crippen LogP contribution in [0.1, 0.15) is 90.7 Å². The smallest absolute Gasteiger partial charge is 0.253 e. The predicted octanol–water partition coefficient (Wildman–Crippen LogP) is 4.54. The molecule has 1 aromatic carbocycles. The molecule has 8 nitrogen and oxygen atoms in total. The molecule has 0 radical (unpaired) electrons. The van der Waals surface area contributed by atoms with E-state index in [1.165, 1.54) is 0 Å². The molecule has 1 saturated carbocycles. The van der Waals surface area contributed by atoms with Crippen LogP contribution in [0.2, 0.25) is 0 Å². The number of nitrogens with one attached hydrogen (secondary N) is 2. The normalized spacial score (nSPS) is 19.1. The molecule has 2 heterocycles. The molecule has 2 aliphatic rings. The molecular weight excluding hydrogens is 538 g/mol. The Balaban J connectivity index is 1.64. The van der Waals surface area contributed by atoms with Crippen molar-refractivity contribution in [2.45, 2.75) is 91.8 Å². The van der Waals surface area contributed by atoms with Gasteiger partial charge >= 0.3 is 0 Å². The third-order valence-corrected chi connectivity index (χ3v) is 9.39. The summed E-state index contributed by atoms with van der Waals surface area (Å²) < 4.78 is 0. The van der Waals surface area contributed by atoms with Crippen LogP contribution in [0.15, 0.2) is 23.0 Å². The van der Waals surface area contributed by atoms with Crippen LogP contribution in [0.5, 0.6) is 0 Å². The predicted molar refractivity (Wildman–Crippen MR) is 173 cm³/mol. The van der Waals surface area contributed by atoms with Crippen LogP contribution in [0.3, 0.4) is 0 Å². The first-order valence-electron chi connectivity index (χ1n) is 15.8. The van der Waals surface area contributed by atoms with Crippen LogP contribution in [0.25, 0.3) is 0 Å². The van der Waals surface area contributed by atoms with E-state index in [0.717, 1.165) is 86.2 Å². The fraction of sp³-hybridized carbons (Fsp3) is 0.571. The van der Waals surface area contributed by atoms with E-state index < -0.39 is 0 Å². The summed E-state index contributed by atoms with van der Waals surface area (Å²) in [5.41, 5.74) is 5.47. The minimum atomic E-state index is -0.205. The van der Waals surface area contributed by atoms with Crippen molar-refractivity contribution in [3.05, 3.63) is 62.1 Å². The maximum atomic E-state index is 13.7. The number of anilines is 1. The van der Waals surface area contributed by atoms with Crippen LogP contribution in [-0.2, 0) is 11.3 Å². The Labute approximate surface area is 257 Å². The van der Waals surface area contributed by atoms with E-state index in [1.807, 2.05) is 37.8 Å². The third-order valence-electron chi connectivity index (χ3n) is 9.39. The number of pyridine rings is 1. The van der Waals surface area contributed by atoms with Gasteiger partial charge in [0.25, 0.3) is 11.5 Å². The summed E-state index contributed by atoms with van der Waals surface area (Å²) in [4.78, 5) is 47.6. The lowest BCUT2D eigenvalue weighted by Crippen LogP contribution is -2.42. The molecule has 2 fully saturated rings. The lowest BCUT2D eigenvalue weighted by atomic mass is 9.88. The van der Waals surface area contributed by atoms with E-state index in [9.17, 15) is 14.4 Å². The molecule has 0 atom stereocenters. The number of amides is 2. The van der Waals surface area contributed by atoms with Crippen molar-refractivity contribution in [1.82, 2.24) is 20.1 Å². The fourth-order valence-corrected chi connectivity index (χ4v) is 6.71. The van der Waals surface area contributed by atoms with Crippen LogP contribution in [0, 0.1) is 38.5 Å². The minimum Gasteiger partial charge on any atom is -0.369 e. The van der Waals surface area contributed by atoms with E-state index in [1.54, 1.807) is 6.92 Å². The second kappa shape index (κ2) is 14.3. The zero-order valence-corrected chi connectivity index (χ0v) is 27.1. The number of rotatable bonds is 7. The molecule has 0 bridgehead atoms. The Kier molecular flexibility index (Phi) is 10.7. The number of carbonyl (C=O) groups excluding carboxylic acids is 2. The number of nitrogens with zero attached hydrogens (tertiary/aromatic N) is 3. The SMILES string of the molecule is CCN(c1cc(C#CC2CCN(C(C)=O)CC2)cc(C(=O)NCc2c(C)cc(C)[nH]c2=O)c1C)C1CCC(N(C)C)CC1. The van der Waals surface area contributed by atoms with Crippen LogP contribution >= 0.6 is 0 Å². The first-order valence-corrected chi connectivity index (χ1v) is 15.8. The lowest BCUT2D eigenvalue weighted by Gasteiger charge is -2.40. The number of likely N-dealkylation sites (tertiary alicyclic amines) is 1. The molecule has 1 aliphatic carbocycles. The Bertz CT molecular complexity index is 1430. The third kappa shape index (κ3) is 7.88. The first-order chi connectivity index (χ1) is 20.5. The van der Waals surface area contributed by atoms with Gasteiger partial charge in [0.1, 0.15) is 0 Å². The number of carbonyl (C=O) groups is 2. The number of piperidine rings is 1. The summed E-state index contributed by atoms with van der Waals surface area (Å²) in [6.07, 6.45) is 6.25. The van der Waals surface area contributed by atoms with Gasteiger partial charge < -0.3 is 25.0 Å². The lowest BCUT2D eigenvalue weighted by molar-refractivity contribution is -0.129. The largest absolute Gasteiger partial charge is 0.369 e. The maximum absolute atomic E-state index is 13.7. The first kappa shape index (κ1) is 32.3. The van der Waals surface area contributed by atoms with Crippen molar-refractivity contribution in [2.24, 2.45) is 5.92 Å². The highest BCUT2D eigenvalue weighted by Crippen LogP contribution is 2.33. The van der Waals surface area contributed by atoms with E-state index in [2.05, 4.69) is 59.0 Å². The molecule has 1 saturated heterocycles. The van der Waals surface area contributed by atoms with Crippen molar-refractivity contribution in [3.8, 4) is 11.8 Å². The molecule has 43 heavy (non-hydrogen) atoms. The minimum absolute atomic E-state index is 0.118. The quantitative estimate of drug-likeness (QED) is 0.465. The summed E-state index contributed by atoms with van der Waals surface area (Å²) in [5, 5.41) is 3.02. The van der Waals surface area contributed by atoms with Gasteiger partial charge in [0, 0.05) is 79.2 Å². The van der Waals surface area contributed by atoms with Gasteiger partial charge in [-0.15, -0.1) is 0 Å². The van der Waals surface area contributed by atoms with Gasteiger partial charge in [0.2, 0.25) is 5.91 Å². The van der Waals surface area contributed by atoms with Gasteiger partial charge in [0.15, 0.2) is 0 Å². The van der Waals surface area contributed by atoms with E-state index in [0.29, 0.717) is 23.2 Å². The van der Waals surface area contributed by atoms with Crippen molar-refractivity contribution in [3.63, 3.8) is 0 Å². The molecule has 2 amide bonds. The monoisotopic (exact) mass is 587 g/mol. The zero-order chi connectivity index (χ0) is 31.3. The summed E-state index contributed by atoms with van der Waals surface area (Å²) in [5.74, 6) is 6.99. The molecule has 0 spiro atoms. The Morgan fingerprint density at radius 1 is 1.00 bits per heavy atom. The molecule has 4 rings (SSSR count). The van der Waals surface area contributed by atoms with E-state index in [4.69, 9.17) is 0 Å². The number of H-pyrrole nitrogens is 1. The fourth-order valence-electron chi connectivity index (χ4n) is 6.71. The van der Waals surface area contributed by atoms with Gasteiger partial charge in [-0.3, -0.25) is 14.4 Å². The van der Waals surface area contributed by atoms with Crippen molar-refractivity contribution < 1.29 is 9.59 Å². The molecule has 8 heteroatoms. The molecule has 232 valence electrons. The van der Waals surface area contributed by atoms with Gasteiger partial charge in [-0.25, -0.2) is 0 Å². The Morgan fingerprint density at radius 2 is 1.65 bits per heavy atom. The number of aromatic nitrogens is 1. The van der Waals surface area contributed by atoms with E-state index >= 15 is 0 Å². The molecule has 2 aromatic rings. The summed E-state index contributed by atoms with van der Waals surface area (Å²) in [7, 11) is 4.32. The summed E-state index contributed by atoms with van der Waals surface area (Å²) in [6.45, 7) is 12.1. The second-order valence-electron chi connectivity index (χ2n) is 12.6. The Morgan fingerprint density at radius 3 is 2.23 bits per heavy atom. The van der Waals surface area contributed by atoms with Gasteiger partial charge in [-0.05, 0) is 110 Å². The highest BCUT2D eigenvalue weighted by atomic mass is 16.2. The van der Waals surface area contributed by atoms with Gasteiger partial charge in [-0.1, -0.05) is 11.8 Å². The average Bonchev–Trinajstić information content (AvgIpc) is 2.97. The second-order valence-corrected chi connectivity index (χ2v) is 12.6. The van der Waals surface area contributed by atoms with Crippen molar-refractivity contribution >= 4 is 17.5 Å². The van der Waals surface area contributed by atoms with Crippen molar-refractivity contribution in [1.29, 1.82) is 0 Å². The summed E-state index contributed by atoms with van der Waals surface area (Å²) in [6, 6.07) is 6.99. The Hall–Kier alpha value is -3.57. The van der Waals surface area contributed by atoms with Crippen molar-refractivity contribution in [2.75, 3.05) is 38.6 Å². The standard InChI is InChI=1S/C35H49N5O3/c1-8-40(30-13-11-29(12-14-30)38(6)7)33-21-28(10-9-27-15-17-39(18-16-27)26(5)41)20-31(25(33)4)34(42)36-22-32-23(2)19-24(3)37-35(32)43/h19-21,27,29-30H,8,11-18,22H2,1-7H3,(H,36,42)(H,37,43). The number of hydrogen-bond donors (Lipinski definition) is 2. The number of benzene rings is 1. The number of aryl methyl sites for hydroxylation is 2. The number of hydrogen-bond acceptors (Lipinski definition) is 5. The topological polar surface area (TPSA) is 88.7 Å². The summed E-state index contributed by atoms with van der Waals surface area (Å²) >= 11 is 0.